The molecule has 1 aliphatic rings. The highest BCUT2D eigenvalue weighted by Gasteiger charge is 2.30. The van der Waals surface area contributed by atoms with Crippen LogP contribution in [0.3, 0.4) is 0 Å². The summed E-state index contributed by atoms with van der Waals surface area (Å²) in [6.45, 7) is 5.21. The van der Waals surface area contributed by atoms with Gasteiger partial charge < -0.3 is 19.2 Å². The lowest BCUT2D eigenvalue weighted by atomic mass is 10.0. The first-order valence-electron chi connectivity index (χ1n) is 10.4. The number of hydrogen-bond acceptors (Lipinski definition) is 6. The minimum Gasteiger partial charge on any atom is -0.459 e. The highest BCUT2D eigenvalue weighted by atomic mass is 16.5. The van der Waals surface area contributed by atoms with Crippen LogP contribution >= 0.6 is 0 Å². The molecule has 1 atom stereocenters. The smallest absolute Gasteiger partial charge is 0.287 e. The van der Waals surface area contributed by atoms with Gasteiger partial charge in [-0.3, -0.25) is 14.5 Å². The summed E-state index contributed by atoms with van der Waals surface area (Å²) < 4.78 is 10.5. The van der Waals surface area contributed by atoms with Gasteiger partial charge in [-0.2, -0.15) is 0 Å². The summed E-state index contributed by atoms with van der Waals surface area (Å²) in [5.41, 5.74) is 1.85. The van der Waals surface area contributed by atoms with Crippen LogP contribution in [0, 0.1) is 6.92 Å². The fourth-order valence-corrected chi connectivity index (χ4v) is 3.74. The Morgan fingerprint density at radius 3 is 2.52 bits per heavy atom. The van der Waals surface area contributed by atoms with E-state index in [1.54, 1.807) is 12.1 Å². The molecule has 2 amide bonds. The molecule has 1 saturated heterocycles. The Morgan fingerprint density at radius 1 is 1.10 bits per heavy atom. The maximum atomic E-state index is 13.3. The van der Waals surface area contributed by atoms with E-state index in [1.165, 1.54) is 6.26 Å². The van der Waals surface area contributed by atoms with Gasteiger partial charge >= 0.3 is 0 Å². The molecule has 0 unspecified atom stereocenters. The number of aryl methyl sites for hydroxylation is 1. The summed E-state index contributed by atoms with van der Waals surface area (Å²) in [7, 11) is 0. The second-order valence-electron chi connectivity index (χ2n) is 7.73. The zero-order chi connectivity index (χ0) is 21.6. The number of carbonyl (C=O) groups excluding carboxylic acids is 2. The van der Waals surface area contributed by atoms with Crippen molar-refractivity contribution in [1.29, 1.82) is 0 Å². The Kier molecular flexibility index (Phi) is 6.47. The van der Waals surface area contributed by atoms with Crippen molar-refractivity contribution in [3.63, 3.8) is 0 Å². The highest BCUT2D eigenvalue weighted by molar-refractivity contribution is 5.95. The van der Waals surface area contributed by atoms with E-state index in [9.17, 15) is 9.59 Å². The molecular formula is C23H26N4O4. The van der Waals surface area contributed by atoms with Crippen molar-refractivity contribution >= 4 is 11.8 Å². The van der Waals surface area contributed by atoms with Gasteiger partial charge in [0.25, 0.3) is 5.91 Å². The van der Waals surface area contributed by atoms with Crippen molar-refractivity contribution in [3.8, 4) is 0 Å². The number of piperazine rings is 1. The number of benzene rings is 1. The molecule has 2 aromatic heterocycles. The van der Waals surface area contributed by atoms with E-state index in [4.69, 9.17) is 8.94 Å². The molecule has 4 rings (SSSR count). The Hall–Kier alpha value is -3.39. The molecule has 8 heteroatoms. The first kappa shape index (κ1) is 20.9. The molecule has 1 fully saturated rings. The number of nitrogens with one attached hydrogen (secondary N) is 1. The molecule has 0 saturated carbocycles. The average Bonchev–Trinajstić information content (AvgIpc) is 3.46. The predicted molar refractivity (Wildman–Crippen MR) is 113 cm³/mol. The third-order valence-corrected chi connectivity index (χ3v) is 5.37. The summed E-state index contributed by atoms with van der Waals surface area (Å²) >= 11 is 0. The monoisotopic (exact) mass is 422 g/mol. The van der Waals surface area contributed by atoms with Gasteiger partial charge in [0, 0.05) is 38.7 Å². The van der Waals surface area contributed by atoms with Gasteiger partial charge in [-0.05, 0) is 24.6 Å². The molecule has 0 radical (unpaired) electrons. The second-order valence-corrected chi connectivity index (χ2v) is 7.73. The summed E-state index contributed by atoms with van der Waals surface area (Å²) in [5, 5.41) is 6.78. The van der Waals surface area contributed by atoms with E-state index < -0.39 is 11.9 Å². The van der Waals surface area contributed by atoms with Crippen LogP contribution in [0.2, 0.25) is 0 Å². The normalized spacial score (nSPS) is 15.6. The van der Waals surface area contributed by atoms with Gasteiger partial charge in [0.2, 0.25) is 5.91 Å². The van der Waals surface area contributed by atoms with Gasteiger partial charge in [-0.25, -0.2) is 0 Å². The fraction of sp³-hybridized carbons (Fsp3) is 0.348. The van der Waals surface area contributed by atoms with Gasteiger partial charge in [-0.1, -0.05) is 35.5 Å². The number of furan rings is 1. The van der Waals surface area contributed by atoms with Crippen LogP contribution in [-0.4, -0.2) is 59.0 Å². The standard InChI is InChI=1S/C23H26N4O4/c1-17-14-19(31-25-17)16-26-9-11-27(12-10-26)23(29)20(15-18-6-3-2-4-7-18)24-22(28)21-8-5-13-30-21/h2-8,13-14,20H,9-12,15-16H2,1H3,(H,24,28)/t20-/m0/s1. The molecule has 0 aliphatic carbocycles. The van der Waals surface area contributed by atoms with Crippen LogP contribution in [0.4, 0.5) is 0 Å². The van der Waals surface area contributed by atoms with E-state index >= 15 is 0 Å². The van der Waals surface area contributed by atoms with E-state index in [0.29, 0.717) is 26.1 Å². The van der Waals surface area contributed by atoms with Crippen LogP contribution in [-0.2, 0) is 17.8 Å². The van der Waals surface area contributed by atoms with E-state index in [2.05, 4.69) is 15.4 Å². The van der Waals surface area contributed by atoms with Gasteiger partial charge in [-0.15, -0.1) is 0 Å². The van der Waals surface area contributed by atoms with Gasteiger partial charge in [0.1, 0.15) is 6.04 Å². The number of amides is 2. The van der Waals surface area contributed by atoms with Gasteiger partial charge in [0.05, 0.1) is 18.5 Å². The average molecular weight is 422 g/mol. The molecule has 0 spiro atoms. The van der Waals surface area contributed by atoms with Crippen LogP contribution in [0.25, 0.3) is 0 Å². The quantitative estimate of drug-likeness (QED) is 0.628. The molecule has 1 aliphatic heterocycles. The van der Waals surface area contributed by atoms with Crippen molar-refractivity contribution in [1.82, 2.24) is 20.3 Å². The first-order chi connectivity index (χ1) is 15.1. The summed E-state index contributed by atoms with van der Waals surface area (Å²) in [5.74, 6) is 0.542. The Labute approximate surface area is 180 Å². The topological polar surface area (TPSA) is 91.8 Å². The summed E-state index contributed by atoms with van der Waals surface area (Å²) in [6, 6.07) is 14.2. The SMILES string of the molecule is Cc1cc(CN2CCN(C(=O)[C@H](Cc3ccccc3)NC(=O)c3ccco3)CC2)on1. The van der Waals surface area contributed by atoms with Gasteiger partial charge in [0.15, 0.2) is 11.5 Å². The van der Waals surface area contributed by atoms with Crippen LogP contribution in [0.1, 0.15) is 27.6 Å². The maximum absolute atomic E-state index is 13.3. The molecule has 1 aromatic carbocycles. The molecule has 3 aromatic rings. The Morgan fingerprint density at radius 2 is 1.87 bits per heavy atom. The molecule has 1 N–H and O–H groups in total. The zero-order valence-corrected chi connectivity index (χ0v) is 17.5. The number of nitrogens with zero attached hydrogens (tertiary/aromatic N) is 3. The van der Waals surface area contributed by atoms with Crippen molar-refractivity contribution in [2.45, 2.75) is 25.9 Å². The van der Waals surface area contributed by atoms with Crippen molar-refractivity contribution in [2.75, 3.05) is 26.2 Å². The fourth-order valence-electron chi connectivity index (χ4n) is 3.74. The Bertz CT molecular complexity index is 992. The third-order valence-electron chi connectivity index (χ3n) is 5.37. The molecule has 31 heavy (non-hydrogen) atoms. The molecule has 162 valence electrons. The maximum Gasteiger partial charge on any atom is 0.287 e. The van der Waals surface area contributed by atoms with Crippen LogP contribution in [0.5, 0.6) is 0 Å². The minimum atomic E-state index is -0.663. The molecule has 3 heterocycles. The largest absolute Gasteiger partial charge is 0.459 e. The number of carbonyl (C=O) groups is 2. The molecule has 0 bridgehead atoms. The zero-order valence-electron chi connectivity index (χ0n) is 17.5. The van der Waals surface area contributed by atoms with E-state index in [-0.39, 0.29) is 11.7 Å². The lowest BCUT2D eigenvalue weighted by molar-refractivity contribution is -0.135. The second kappa shape index (κ2) is 9.61. The van der Waals surface area contributed by atoms with E-state index in [1.807, 2.05) is 48.2 Å². The highest BCUT2D eigenvalue weighted by Crippen LogP contribution is 2.13. The van der Waals surface area contributed by atoms with Crippen LogP contribution in [0.15, 0.2) is 63.7 Å². The minimum absolute atomic E-state index is 0.0843. The molecular weight excluding hydrogens is 396 g/mol. The van der Waals surface area contributed by atoms with Crippen LogP contribution < -0.4 is 5.32 Å². The third kappa shape index (κ3) is 5.40. The summed E-state index contributed by atoms with van der Waals surface area (Å²) in [6.07, 6.45) is 1.86. The lowest BCUT2D eigenvalue weighted by Gasteiger charge is -2.36. The van der Waals surface area contributed by atoms with E-state index in [0.717, 1.165) is 30.1 Å². The van der Waals surface area contributed by atoms with Crippen molar-refractivity contribution in [2.24, 2.45) is 0 Å². The Balaban J connectivity index is 1.39. The van der Waals surface area contributed by atoms with Crippen molar-refractivity contribution in [3.05, 3.63) is 77.6 Å². The summed E-state index contributed by atoms with van der Waals surface area (Å²) in [4.78, 5) is 29.9. The van der Waals surface area contributed by atoms with Crippen molar-refractivity contribution < 1.29 is 18.5 Å². The number of aromatic nitrogens is 1. The predicted octanol–water partition coefficient (Wildman–Crippen LogP) is 2.26. The molecule has 8 nitrogen and oxygen atoms in total. The lowest BCUT2D eigenvalue weighted by Crippen LogP contribution is -2.55. The number of hydrogen-bond donors (Lipinski definition) is 1. The number of rotatable bonds is 7. The first-order valence-corrected chi connectivity index (χ1v) is 10.4.